The third-order valence-electron chi connectivity index (χ3n) is 2.71. The van der Waals surface area contributed by atoms with E-state index in [1.165, 1.54) is 7.11 Å². The van der Waals surface area contributed by atoms with E-state index in [-0.39, 0.29) is 18.1 Å². The van der Waals surface area contributed by atoms with Crippen LogP contribution in [0.25, 0.3) is 0 Å². The van der Waals surface area contributed by atoms with Gasteiger partial charge in [0.05, 0.1) is 19.8 Å². The Kier molecular flexibility index (Phi) is 6.47. The number of carbonyl (C=O) groups excluding carboxylic acids is 1. The highest BCUT2D eigenvalue weighted by atomic mass is 16.5. The van der Waals surface area contributed by atoms with Gasteiger partial charge < -0.3 is 19.5 Å². The Balaban J connectivity index is 2.20. The smallest absolute Gasteiger partial charge is 0.322 e. The maximum Gasteiger partial charge on any atom is 0.322 e. The molecule has 100 valence electrons. The van der Waals surface area contributed by atoms with Crippen LogP contribution in [0.1, 0.15) is 26.2 Å². The number of hydrogen-bond acceptors (Lipinski definition) is 5. The fourth-order valence-corrected chi connectivity index (χ4v) is 1.62. The molecule has 2 unspecified atom stereocenters. The van der Waals surface area contributed by atoms with Crippen LogP contribution in [0.5, 0.6) is 0 Å². The lowest BCUT2D eigenvalue weighted by Gasteiger charge is -2.17. The van der Waals surface area contributed by atoms with Crippen LogP contribution >= 0.6 is 0 Å². The van der Waals surface area contributed by atoms with Gasteiger partial charge in [-0.2, -0.15) is 0 Å². The van der Waals surface area contributed by atoms with E-state index < -0.39 is 0 Å². The summed E-state index contributed by atoms with van der Waals surface area (Å²) in [7, 11) is 3.06. The summed E-state index contributed by atoms with van der Waals surface area (Å²) in [6, 6.07) is 0.234. The summed E-state index contributed by atoms with van der Waals surface area (Å²) in [5.41, 5.74) is 0. The van der Waals surface area contributed by atoms with Gasteiger partial charge in [-0.25, -0.2) is 0 Å². The molecule has 1 N–H and O–H groups in total. The van der Waals surface area contributed by atoms with E-state index in [0.717, 1.165) is 12.8 Å². The molecule has 0 aromatic carbocycles. The van der Waals surface area contributed by atoms with Gasteiger partial charge in [-0.1, -0.05) is 0 Å². The molecule has 1 fully saturated rings. The molecule has 1 rings (SSSR count). The molecule has 0 radical (unpaired) electrons. The molecule has 17 heavy (non-hydrogen) atoms. The van der Waals surface area contributed by atoms with Crippen molar-refractivity contribution in [2.45, 2.75) is 44.4 Å². The van der Waals surface area contributed by atoms with E-state index in [9.17, 15) is 4.79 Å². The van der Waals surface area contributed by atoms with Crippen LogP contribution in [0.2, 0.25) is 0 Å². The van der Waals surface area contributed by atoms with E-state index in [2.05, 4.69) is 5.32 Å². The van der Waals surface area contributed by atoms with Crippen LogP contribution in [0.3, 0.4) is 0 Å². The highest BCUT2D eigenvalue weighted by Gasteiger charge is 2.28. The predicted octanol–water partition coefficient (Wildman–Crippen LogP) is 0.722. The predicted molar refractivity (Wildman–Crippen MR) is 63.9 cm³/mol. The zero-order valence-electron chi connectivity index (χ0n) is 10.9. The highest BCUT2D eigenvalue weighted by molar-refractivity contribution is 5.75. The third-order valence-corrected chi connectivity index (χ3v) is 2.71. The van der Waals surface area contributed by atoms with Gasteiger partial charge in [-0.3, -0.25) is 4.79 Å². The number of carbonyl (C=O) groups is 1. The van der Waals surface area contributed by atoms with Crippen molar-refractivity contribution in [3.63, 3.8) is 0 Å². The van der Waals surface area contributed by atoms with Crippen molar-refractivity contribution >= 4 is 5.97 Å². The minimum atomic E-state index is -0.248. The van der Waals surface area contributed by atoms with Gasteiger partial charge in [0, 0.05) is 19.8 Å². The van der Waals surface area contributed by atoms with Crippen LogP contribution in [0, 0.1) is 0 Å². The van der Waals surface area contributed by atoms with Gasteiger partial charge in [0.2, 0.25) is 0 Å². The molecule has 1 aliphatic carbocycles. The Morgan fingerprint density at radius 2 is 2.12 bits per heavy atom. The topological polar surface area (TPSA) is 56.8 Å². The fraction of sp³-hybridized carbons (Fsp3) is 0.917. The number of nitrogens with one attached hydrogen (secondary N) is 1. The number of rotatable bonds is 9. The summed E-state index contributed by atoms with van der Waals surface area (Å²) in [6.45, 7) is 3.05. The minimum absolute atomic E-state index is 0.0548. The second kappa shape index (κ2) is 7.63. The van der Waals surface area contributed by atoms with Crippen LogP contribution in [-0.4, -0.2) is 51.6 Å². The number of methoxy groups -OCH3 is 2. The first-order chi connectivity index (χ1) is 8.17. The van der Waals surface area contributed by atoms with Crippen LogP contribution in [0.15, 0.2) is 0 Å². The first-order valence-corrected chi connectivity index (χ1v) is 6.11. The summed E-state index contributed by atoms with van der Waals surface area (Å²) >= 11 is 0. The molecule has 0 saturated heterocycles. The first kappa shape index (κ1) is 14.4. The molecule has 0 aliphatic heterocycles. The summed E-state index contributed by atoms with van der Waals surface area (Å²) < 4.78 is 15.3. The number of hydrogen-bond donors (Lipinski definition) is 1. The molecule has 5 heteroatoms. The molecular formula is C12H23NO4. The molecule has 0 aromatic rings. The molecule has 0 aromatic heterocycles. The van der Waals surface area contributed by atoms with Crippen molar-refractivity contribution in [3.05, 3.63) is 0 Å². The molecule has 1 saturated carbocycles. The van der Waals surface area contributed by atoms with E-state index in [1.54, 1.807) is 7.11 Å². The van der Waals surface area contributed by atoms with Crippen LogP contribution < -0.4 is 5.32 Å². The van der Waals surface area contributed by atoms with Crippen molar-refractivity contribution in [2.75, 3.05) is 27.4 Å². The second-order valence-electron chi connectivity index (χ2n) is 4.44. The summed E-state index contributed by atoms with van der Waals surface area (Å²) in [6.07, 6.45) is 2.99. The van der Waals surface area contributed by atoms with Crippen molar-refractivity contribution < 1.29 is 19.0 Å². The van der Waals surface area contributed by atoms with Gasteiger partial charge in [0.15, 0.2) is 0 Å². The van der Waals surface area contributed by atoms with E-state index >= 15 is 0 Å². The SMILES string of the molecule is COCC(C)OCCC(NC1CC1)C(=O)OC. The summed E-state index contributed by atoms with van der Waals surface area (Å²) in [4.78, 5) is 11.5. The molecule has 0 spiro atoms. The molecule has 0 amide bonds. The Morgan fingerprint density at radius 3 is 2.65 bits per heavy atom. The lowest BCUT2D eigenvalue weighted by Crippen LogP contribution is -2.40. The average molecular weight is 245 g/mol. The lowest BCUT2D eigenvalue weighted by atomic mass is 10.2. The Labute approximate surface area is 103 Å². The highest BCUT2D eigenvalue weighted by Crippen LogP contribution is 2.20. The molecule has 1 aliphatic rings. The Hall–Kier alpha value is -0.650. The van der Waals surface area contributed by atoms with E-state index in [1.807, 2.05) is 6.92 Å². The van der Waals surface area contributed by atoms with Crippen molar-refractivity contribution in [3.8, 4) is 0 Å². The van der Waals surface area contributed by atoms with Crippen molar-refractivity contribution in [1.82, 2.24) is 5.32 Å². The summed E-state index contributed by atoms with van der Waals surface area (Å²) in [5.74, 6) is -0.208. The zero-order chi connectivity index (χ0) is 12.7. The summed E-state index contributed by atoms with van der Waals surface area (Å²) in [5, 5.41) is 3.26. The van der Waals surface area contributed by atoms with Crippen LogP contribution in [-0.2, 0) is 19.0 Å². The standard InChI is InChI=1S/C12H23NO4/c1-9(8-15-2)17-7-6-11(12(14)16-3)13-10-4-5-10/h9-11,13H,4-8H2,1-3H3. The van der Waals surface area contributed by atoms with Gasteiger partial charge in [-0.05, 0) is 26.2 Å². The molecule has 5 nitrogen and oxygen atoms in total. The second-order valence-corrected chi connectivity index (χ2v) is 4.44. The largest absolute Gasteiger partial charge is 0.468 e. The fourth-order valence-electron chi connectivity index (χ4n) is 1.62. The maximum atomic E-state index is 11.5. The van der Waals surface area contributed by atoms with Crippen molar-refractivity contribution in [2.24, 2.45) is 0 Å². The third kappa shape index (κ3) is 6.00. The van der Waals surface area contributed by atoms with E-state index in [4.69, 9.17) is 14.2 Å². The van der Waals surface area contributed by atoms with E-state index in [0.29, 0.717) is 25.7 Å². The van der Waals surface area contributed by atoms with Gasteiger partial charge in [0.1, 0.15) is 6.04 Å². The molecular weight excluding hydrogens is 222 g/mol. The molecule has 2 atom stereocenters. The average Bonchev–Trinajstić information content (AvgIpc) is 3.11. The van der Waals surface area contributed by atoms with Gasteiger partial charge >= 0.3 is 5.97 Å². The van der Waals surface area contributed by atoms with Gasteiger partial charge in [-0.15, -0.1) is 0 Å². The van der Waals surface area contributed by atoms with Crippen molar-refractivity contribution in [1.29, 1.82) is 0 Å². The number of esters is 1. The maximum absolute atomic E-state index is 11.5. The lowest BCUT2D eigenvalue weighted by molar-refractivity contribution is -0.144. The Bertz CT molecular complexity index is 231. The van der Waals surface area contributed by atoms with Crippen LogP contribution in [0.4, 0.5) is 0 Å². The number of ether oxygens (including phenoxy) is 3. The van der Waals surface area contributed by atoms with Gasteiger partial charge in [0.25, 0.3) is 0 Å². The Morgan fingerprint density at radius 1 is 1.41 bits per heavy atom. The first-order valence-electron chi connectivity index (χ1n) is 6.11. The quantitative estimate of drug-likeness (QED) is 0.607. The monoisotopic (exact) mass is 245 g/mol. The minimum Gasteiger partial charge on any atom is -0.468 e. The normalized spacial score (nSPS) is 18.8. The molecule has 0 bridgehead atoms. The zero-order valence-corrected chi connectivity index (χ0v) is 10.9. The molecule has 0 heterocycles.